The summed E-state index contributed by atoms with van der Waals surface area (Å²) in [7, 11) is -11.3. The van der Waals surface area contributed by atoms with Crippen molar-refractivity contribution < 1.29 is 81.3 Å². The lowest BCUT2D eigenvalue weighted by molar-refractivity contribution is -0.186. The van der Waals surface area contributed by atoms with Crippen LogP contribution in [0.15, 0.2) is 41.4 Å². The second-order valence-electron chi connectivity index (χ2n) is 20.4. The number of hydrogen-bond acceptors (Lipinski definition) is 18. The third-order valence-electron chi connectivity index (χ3n) is 13.3. The van der Waals surface area contributed by atoms with Crippen molar-refractivity contribution in [2.75, 3.05) is 25.6 Å². The molecule has 0 aromatic carbocycles. The number of fused-ring (bicyclic) bond motifs is 3. The van der Waals surface area contributed by atoms with Gasteiger partial charge in [-0.15, -0.1) is 0 Å². The number of ketones is 1. The Labute approximate surface area is 443 Å². The van der Waals surface area contributed by atoms with Crippen LogP contribution in [0.4, 0.5) is 5.82 Å². The molecule has 23 heteroatoms. The predicted octanol–water partition coefficient (Wildman–Crippen LogP) is 8.23. The summed E-state index contributed by atoms with van der Waals surface area (Å²) in [4.78, 5) is 78.1. The van der Waals surface area contributed by atoms with Crippen molar-refractivity contribution in [1.29, 1.82) is 0 Å². The molecule has 0 radical (unpaired) electrons. The van der Waals surface area contributed by atoms with Crippen LogP contribution in [0.5, 0.6) is 0 Å². The summed E-state index contributed by atoms with van der Waals surface area (Å²) in [6.07, 6.45) is 14.5. The Hall–Kier alpha value is -3.17. The number of unbranched alkanes of at least 4 members (excludes halogenated alkanes) is 15. The number of allylic oxidation sites excluding steroid dienone is 2. The normalized spacial score (nSPS) is 28.6. The molecule has 11 atom stereocenters. The molecule has 75 heavy (non-hydrogen) atoms. The Morgan fingerprint density at radius 1 is 0.853 bits per heavy atom. The van der Waals surface area contributed by atoms with Gasteiger partial charge in [0.2, 0.25) is 0 Å². The Kier molecular flexibility index (Phi) is 31.8. The maximum atomic E-state index is 13.9. The Balaban J connectivity index is 1.72. The van der Waals surface area contributed by atoms with Crippen molar-refractivity contribution in [3.8, 4) is 0 Å². The van der Waals surface area contributed by atoms with Gasteiger partial charge in [-0.25, -0.2) is 13.9 Å². The summed E-state index contributed by atoms with van der Waals surface area (Å²) in [6, 6.07) is 1.23. The van der Waals surface area contributed by atoms with Gasteiger partial charge in [0.25, 0.3) is 0 Å². The molecule has 3 heterocycles. The van der Waals surface area contributed by atoms with Gasteiger partial charge in [-0.3, -0.25) is 28.0 Å². The Morgan fingerprint density at radius 3 is 2.07 bits per heavy atom. The molecule has 0 aliphatic carbocycles. The van der Waals surface area contributed by atoms with Crippen LogP contribution in [-0.4, -0.2) is 114 Å². The van der Waals surface area contributed by atoms with Crippen molar-refractivity contribution in [2.45, 2.75) is 224 Å². The number of carbonyl (C=O) groups excluding carboxylic acids is 3. The van der Waals surface area contributed by atoms with Gasteiger partial charge in [-0.2, -0.15) is 9.29 Å². The fraction of sp³-hybridized carbons (Fsp3) is 0.788. The zero-order chi connectivity index (χ0) is 55.2. The molecule has 8 N–H and O–H groups in total. The minimum atomic E-state index is -5.72. The van der Waals surface area contributed by atoms with Gasteiger partial charge in [-0.05, 0) is 44.1 Å². The molecule has 0 spiro atoms. The smallest absolute Gasteiger partial charge is 0.462 e. The van der Waals surface area contributed by atoms with Crippen molar-refractivity contribution in [3.63, 3.8) is 0 Å². The van der Waals surface area contributed by atoms with Crippen LogP contribution in [-0.2, 0) is 51.1 Å². The standard InChI is InChI=1S/C52H89N3O18P2/c1-4-5-20-26-39(56)30-31-41-43(57)34-44(58)42-27-22-18-19-24-29-48(60)71-40(35-68-47(59)28-23-17-15-13-11-9-7-6-8-10-12-14-16-21-25-38(2)3)36-69-74(64,65)73-75(66,67)70-37-45(50(62)49(41)61)72-51(42)55-33-32-46(53)54-52(55)63/h18,22,30-33,38-42,44-45,49-51,56,58,61-62H,4-17,19-21,23-29,34-37H2,1-3H3,(H,64,65)(H,66,67)(H2,53,54,63)/t39-,40+,41-,42-,44-,45+,49-,50+,51+/m0/s1. The average molecular weight is 1110 g/mol. The van der Waals surface area contributed by atoms with E-state index >= 15 is 0 Å². The molecule has 2 unspecified atom stereocenters. The highest BCUT2D eigenvalue weighted by molar-refractivity contribution is 7.61. The lowest BCUT2D eigenvalue weighted by Crippen LogP contribution is -2.51. The molecule has 1 aromatic rings. The third-order valence-corrected chi connectivity index (χ3v) is 15.9. The van der Waals surface area contributed by atoms with Gasteiger partial charge >= 0.3 is 33.3 Å². The van der Waals surface area contributed by atoms with E-state index in [0.717, 1.165) is 49.0 Å². The van der Waals surface area contributed by atoms with E-state index in [4.69, 9.17) is 29.0 Å². The van der Waals surface area contributed by atoms with E-state index < -0.39 is 120 Å². The van der Waals surface area contributed by atoms with Crippen LogP contribution < -0.4 is 11.4 Å². The highest BCUT2D eigenvalue weighted by Crippen LogP contribution is 2.60. The molecule has 21 nitrogen and oxygen atoms in total. The molecule has 1 fully saturated rings. The number of nitrogens with zero attached hydrogens (tertiary/aromatic N) is 2. The molecular formula is C52H89N3O18P2. The topological polar surface area (TPSA) is 323 Å². The number of phosphoric ester groups is 2. The van der Waals surface area contributed by atoms with E-state index in [0.29, 0.717) is 19.3 Å². The fourth-order valence-electron chi connectivity index (χ4n) is 8.96. The molecule has 3 rings (SSSR count). The minimum Gasteiger partial charge on any atom is -0.462 e. The highest BCUT2D eigenvalue weighted by Gasteiger charge is 2.45. The number of cyclic esters (lactones) is 1. The molecule has 2 aliphatic heterocycles. The predicted molar refractivity (Wildman–Crippen MR) is 281 cm³/mol. The lowest BCUT2D eigenvalue weighted by atomic mass is 9.83. The highest BCUT2D eigenvalue weighted by atomic mass is 31.3. The number of aliphatic hydroxyl groups is 4. The largest absolute Gasteiger partial charge is 0.481 e. The quantitative estimate of drug-likeness (QED) is 0.0199. The zero-order valence-corrected chi connectivity index (χ0v) is 46.3. The van der Waals surface area contributed by atoms with Crippen LogP contribution in [0, 0.1) is 17.8 Å². The molecular weight excluding hydrogens is 1020 g/mol. The molecule has 1 saturated heterocycles. The molecule has 0 amide bonds. The molecule has 0 saturated carbocycles. The first-order chi connectivity index (χ1) is 35.7. The first kappa shape index (κ1) is 66.1. The van der Waals surface area contributed by atoms with Crippen molar-refractivity contribution in [3.05, 3.63) is 47.1 Å². The summed E-state index contributed by atoms with van der Waals surface area (Å²) in [5.41, 5.74) is 4.75. The monoisotopic (exact) mass is 1110 g/mol. The Morgan fingerprint density at radius 2 is 1.45 bits per heavy atom. The number of nitrogens with two attached hydrogens (primary N) is 1. The van der Waals surface area contributed by atoms with Crippen molar-refractivity contribution >= 4 is 39.2 Å². The van der Waals surface area contributed by atoms with Crippen LogP contribution in [0.2, 0.25) is 0 Å². The van der Waals surface area contributed by atoms with E-state index in [1.165, 1.54) is 88.6 Å². The number of aliphatic hydroxyl groups excluding tert-OH is 4. The number of Topliss-reactive ketones (excluding diaryl/α,β-unsaturated/α-hetero) is 1. The summed E-state index contributed by atoms with van der Waals surface area (Å²) >= 11 is 0. The number of rotatable bonds is 26. The van der Waals surface area contributed by atoms with E-state index in [1.807, 2.05) is 6.92 Å². The zero-order valence-electron chi connectivity index (χ0n) is 44.5. The number of carbonyl (C=O) groups is 3. The van der Waals surface area contributed by atoms with Crippen LogP contribution in [0.25, 0.3) is 0 Å². The maximum Gasteiger partial charge on any atom is 0.481 e. The van der Waals surface area contributed by atoms with Crippen molar-refractivity contribution in [1.82, 2.24) is 9.55 Å². The first-order valence-corrected chi connectivity index (χ1v) is 30.3. The fourth-order valence-corrected chi connectivity index (χ4v) is 11.1. The van der Waals surface area contributed by atoms with E-state index in [1.54, 1.807) is 12.2 Å². The third kappa shape index (κ3) is 27.3. The summed E-state index contributed by atoms with van der Waals surface area (Å²) in [6.45, 7) is 3.78. The first-order valence-electron chi connectivity index (χ1n) is 27.3. The van der Waals surface area contributed by atoms with Crippen molar-refractivity contribution in [2.24, 2.45) is 17.8 Å². The van der Waals surface area contributed by atoms with Gasteiger partial charge in [0.15, 0.2) is 6.10 Å². The summed E-state index contributed by atoms with van der Waals surface area (Å²) < 4.78 is 58.9. The van der Waals surface area contributed by atoms with Gasteiger partial charge < -0.3 is 50.2 Å². The molecule has 430 valence electrons. The van der Waals surface area contributed by atoms with E-state index in [-0.39, 0.29) is 37.9 Å². The van der Waals surface area contributed by atoms with Crippen LogP contribution in [0.1, 0.15) is 188 Å². The second-order valence-corrected chi connectivity index (χ2v) is 23.4. The van der Waals surface area contributed by atoms with E-state index in [2.05, 4.69) is 23.1 Å². The number of phosphoric acid groups is 2. The SMILES string of the molecule is CCCCC[C@H](O)C=C[C@H]1C(=O)C[C@H](O)[C@@H]2CC=CCCCC(=O)O[C@H](COC(=O)CCCCCCCCCCCCCCCCC(C)C)COP(=O)(O)OP(=O)(O)OC[C@@H](O[C@H]2n2ccc(N)nc2=O)[C@@H](O)[C@H]1O. The van der Waals surface area contributed by atoms with Gasteiger partial charge in [0.1, 0.15) is 36.6 Å². The number of esters is 2. The second kappa shape index (κ2) is 36.1. The maximum absolute atomic E-state index is 13.9. The Bertz CT molecular complexity index is 2040. The van der Waals surface area contributed by atoms with Crippen LogP contribution >= 0.6 is 15.6 Å². The van der Waals surface area contributed by atoms with E-state index in [9.17, 15) is 58.5 Å². The van der Waals surface area contributed by atoms with Gasteiger partial charge in [-0.1, -0.05) is 154 Å². The summed E-state index contributed by atoms with van der Waals surface area (Å²) in [5.74, 6) is -4.41. The van der Waals surface area contributed by atoms with Crippen LogP contribution in [0.3, 0.4) is 0 Å². The molecule has 2 bridgehead atoms. The van der Waals surface area contributed by atoms with Gasteiger partial charge in [0.05, 0.1) is 37.4 Å². The minimum absolute atomic E-state index is 0.0799. The summed E-state index contributed by atoms with van der Waals surface area (Å²) in [5, 5.41) is 45.7. The number of ether oxygens (including phenoxy) is 3. The number of anilines is 1. The lowest BCUT2D eigenvalue weighted by Gasteiger charge is -2.39. The average Bonchev–Trinajstić information content (AvgIpc) is 3.33. The van der Waals surface area contributed by atoms with Gasteiger partial charge in [0, 0.05) is 31.4 Å². The number of aromatic nitrogens is 2. The number of nitrogen functional groups attached to an aromatic ring is 1. The molecule has 2 aliphatic rings. The number of hydrogen-bond donors (Lipinski definition) is 7. The molecule has 1 aromatic heterocycles.